The number of rotatable bonds is 1. The fourth-order valence-electron chi connectivity index (χ4n) is 2.18. The number of esters is 1. The van der Waals surface area contributed by atoms with Crippen molar-refractivity contribution >= 4 is 27.6 Å². The molecule has 0 radical (unpaired) electrons. The van der Waals surface area contributed by atoms with E-state index in [-0.39, 0.29) is 11.0 Å². The molecule has 2 aromatic carbocycles. The molecule has 0 bridgehead atoms. The van der Waals surface area contributed by atoms with Crippen LogP contribution < -0.4 is 5.43 Å². The molecule has 20 heavy (non-hydrogen) atoms. The lowest BCUT2D eigenvalue weighted by Gasteiger charge is -1.98. The topological polar surface area (TPSA) is 56.3 Å². The minimum atomic E-state index is -0.505. The third-order valence-electron chi connectivity index (χ3n) is 3.21. The maximum Gasteiger partial charge on any atom is 0.339 e. The van der Waals surface area contributed by atoms with Crippen LogP contribution in [0.4, 0.5) is 0 Å². The van der Waals surface area contributed by atoms with Crippen molar-refractivity contribution in [3.8, 4) is 0 Å². The number of carbonyl (C=O) groups is 1. The fraction of sp³-hybridized carbons (Fsp3) is 0.0625. The molecule has 0 fully saturated rings. The van der Waals surface area contributed by atoms with Crippen molar-refractivity contribution in [2.45, 2.75) is 0 Å². The Morgan fingerprint density at radius 3 is 2.70 bits per heavy atom. The average Bonchev–Trinajstić information content (AvgIpc) is 2.64. The summed E-state index contributed by atoms with van der Waals surface area (Å²) in [4.78, 5) is 28.3. The number of carbonyl (C=O) groups excluding carboxylic acids is 1. The molecule has 0 saturated carbocycles. The van der Waals surface area contributed by atoms with Crippen LogP contribution in [0.3, 0.4) is 0 Å². The summed E-state index contributed by atoms with van der Waals surface area (Å²) in [6, 6.07) is 12.5. The summed E-state index contributed by atoms with van der Waals surface area (Å²) in [6.45, 7) is 0. The van der Waals surface area contributed by atoms with Gasteiger partial charge in [-0.15, -0.1) is 0 Å². The molecule has 0 N–H and O–H groups in total. The summed E-state index contributed by atoms with van der Waals surface area (Å²) in [7, 11) is 1.30. The summed E-state index contributed by atoms with van der Waals surface area (Å²) in [6.07, 6.45) is 1.41. The maximum atomic E-state index is 12.6. The van der Waals surface area contributed by atoms with Crippen molar-refractivity contribution in [1.82, 2.24) is 4.98 Å². The number of hydrogen-bond acceptors (Lipinski definition) is 4. The Hall–Kier alpha value is -2.75. The first-order chi connectivity index (χ1) is 9.70. The molecular weight excluding hydrogens is 254 g/mol. The van der Waals surface area contributed by atoms with E-state index in [1.54, 1.807) is 12.1 Å². The van der Waals surface area contributed by atoms with Crippen LogP contribution in [0.15, 0.2) is 53.5 Å². The zero-order valence-corrected chi connectivity index (χ0v) is 10.8. The SMILES string of the molecule is COC(=O)c1cnc2ccc3ccccc3c(=O)c2c1. The normalized spacial score (nSPS) is 10.7. The molecule has 0 atom stereocenters. The van der Waals surface area contributed by atoms with Crippen molar-refractivity contribution in [1.29, 1.82) is 0 Å². The summed E-state index contributed by atoms with van der Waals surface area (Å²) in [5.41, 5.74) is 0.685. The van der Waals surface area contributed by atoms with Crippen molar-refractivity contribution in [3.63, 3.8) is 0 Å². The van der Waals surface area contributed by atoms with Crippen LogP contribution in [-0.2, 0) is 4.74 Å². The first kappa shape index (κ1) is 12.3. The Balaban J connectivity index is 2.45. The maximum absolute atomic E-state index is 12.6. The summed E-state index contributed by atoms with van der Waals surface area (Å²) >= 11 is 0. The van der Waals surface area contributed by atoms with Crippen LogP contribution >= 0.6 is 0 Å². The zero-order valence-electron chi connectivity index (χ0n) is 10.8. The van der Waals surface area contributed by atoms with E-state index in [1.807, 2.05) is 24.3 Å². The number of ether oxygens (including phenoxy) is 1. The minimum Gasteiger partial charge on any atom is -0.465 e. The number of hydrogen-bond donors (Lipinski definition) is 0. The van der Waals surface area contributed by atoms with Crippen LogP contribution in [-0.4, -0.2) is 18.1 Å². The van der Waals surface area contributed by atoms with Gasteiger partial charge in [-0.1, -0.05) is 30.3 Å². The van der Waals surface area contributed by atoms with E-state index in [2.05, 4.69) is 9.72 Å². The predicted molar refractivity (Wildman–Crippen MR) is 76.9 cm³/mol. The smallest absolute Gasteiger partial charge is 0.339 e. The van der Waals surface area contributed by atoms with Crippen LogP contribution in [0.2, 0.25) is 0 Å². The number of methoxy groups -OCH3 is 1. The number of aromatic nitrogens is 1. The highest BCUT2D eigenvalue weighted by Gasteiger charge is 2.09. The second kappa shape index (κ2) is 4.74. The summed E-state index contributed by atoms with van der Waals surface area (Å²) < 4.78 is 4.65. The quantitative estimate of drug-likeness (QED) is 0.634. The first-order valence-corrected chi connectivity index (χ1v) is 6.11. The number of nitrogens with zero attached hydrogens (tertiary/aromatic N) is 1. The van der Waals surface area contributed by atoms with E-state index < -0.39 is 5.97 Å². The van der Waals surface area contributed by atoms with E-state index in [1.165, 1.54) is 19.4 Å². The lowest BCUT2D eigenvalue weighted by atomic mass is 10.1. The van der Waals surface area contributed by atoms with Gasteiger partial charge in [-0.2, -0.15) is 0 Å². The molecule has 1 heterocycles. The highest BCUT2D eigenvalue weighted by Crippen LogP contribution is 2.15. The standard InChI is InChI=1S/C16H11NO3/c1-20-16(19)11-8-13-14(17-9-11)7-6-10-4-2-3-5-12(10)15(13)18/h2-9H,1H3. The van der Waals surface area contributed by atoms with Crippen molar-refractivity contribution in [2.24, 2.45) is 0 Å². The molecule has 0 aliphatic rings. The van der Waals surface area contributed by atoms with E-state index in [9.17, 15) is 9.59 Å². The van der Waals surface area contributed by atoms with Crippen LogP contribution in [0.1, 0.15) is 10.4 Å². The molecule has 0 aliphatic heterocycles. The van der Waals surface area contributed by atoms with Gasteiger partial charge in [0.25, 0.3) is 0 Å². The molecule has 3 rings (SSSR count). The number of fused-ring (bicyclic) bond motifs is 2. The van der Waals surface area contributed by atoms with Gasteiger partial charge >= 0.3 is 5.97 Å². The summed E-state index contributed by atoms with van der Waals surface area (Å²) in [5, 5.41) is 1.86. The van der Waals surface area contributed by atoms with Gasteiger partial charge in [0, 0.05) is 17.0 Å². The van der Waals surface area contributed by atoms with E-state index in [0.29, 0.717) is 16.3 Å². The lowest BCUT2D eigenvalue weighted by molar-refractivity contribution is 0.0600. The van der Waals surface area contributed by atoms with Gasteiger partial charge in [-0.05, 0) is 17.5 Å². The predicted octanol–water partition coefficient (Wildman–Crippen LogP) is 2.53. The van der Waals surface area contributed by atoms with Gasteiger partial charge in [0.1, 0.15) is 0 Å². The highest BCUT2D eigenvalue weighted by molar-refractivity contribution is 5.96. The largest absolute Gasteiger partial charge is 0.465 e. The molecule has 0 unspecified atom stereocenters. The molecule has 0 amide bonds. The Bertz CT molecular complexity index is 887. The monoisotopic (exact) mass is 265 g/mol. The summed E-state index contributed by atoms with van der Waals surface area (Å²) in [5.74, 6) is -0.505. The minimum absolute atomic E-state index is 0.140. The Morgan fingerprint density at radius 1 is 1.10 bits per heavy atom. The van der Waals surface area contributed by atoms with Gasteiger partial charge in [0.05, 0.1) is 18.2 Å². The Kier molecular flexibility index (Phi) is 2.91. The molecule has 98 valence electrons. The van der Waals surface area contributed by atoms with Crippen molar-refractivity contribution in [2.75, 3.05) is 7.11 Å². The molecule has 0 saturated heterocycles. The van der Waals surface area contributed by atoms with Gasteiger partial charge in [-0.25, -0.2) is 4.79 Å². The van der Waals surface area contributed by atoms with Crippen molar-refractivity contribution in [3.05, 3.63) is 64.4 Å². The molecular formula is C16H11NO3. The van der Waals surface area contributed by atoms with Gasteiger partial charge < -0.3 is 4.74 Å². The molecule has 4 heteroatoms. The van der Waals surface area contributed by atoms with Crippen molar-refractivity contribution < 1.29 is 9.53 Å². The second-order valence-electron chi connectivity index (χ2n) is 4.40. The highest BCUT2D eigenvalue weighted by atomic mass is 16.5. The molecule has 0 aliphatic carbocycles. The van der Waals surface area contributed by atoms with Gasteiger partial charge in [-0.3, -0.25) is 9.78 Å². The van der Waals surface area contributed by atoms with E-state index >= 15 is 0 Å². The molecule has 1 aromatic heterocycles. The third kappa shape index (κ3) is 1.91. The number of benzene rings is 1. The van der Waals surface area contributed by atoms with E-state index in [0.717, 1.165) is 5.39 Å². The van der Waals surface area contributed by atoms with Crippen LogP contribution in [0.25, 0.3) is 21.7 Å². The molecule has 3 aromatic rings. The zero-order chi connectivity index (χ0) is 14.1. The fourth-order valence-corrected chi connectivity index (χ4v) is 2.18. The van der Waals surface area contributed by atoms with Gasteiger partial charge in [0.2, 0.25) is 0 Å². The first-order valence-electron chi connectivity index (χ1n) is 6.11. The lowest BCUT2D eigenvalue weighted by Crippen LogP contribution is -2.05. The Morgan fingerprint density at radius 2 is 1.90 bits per heavy atom. The third-order valence-corrected chi connectivity index (χ3v) is 3.21. The average molecular weight is 265 g/mol. The molecule has 4 nitrogen and oxygen atoms in total. The van der Waals surface area contributed by atoms with Crippen LogP contribution in [0, 0.1) is 0 Å². The number of pyridine rings is 1. The second-order valence-corrected chi connectivity index (χ2v) is 4.40. The molecule has 0 spiro atoms. The van der Waals surface area contributed by atoms with Gasteiger partial charge in [0.15, 0.2) is 5.43 Å². The van der Waals surface area contributed by atoms with E-state index in [4.69, 9.17) is 0 Å². The van der Waals surface area contributed by atoms with Crippen LogP contribution in [0.5, 0.6) is 0 Å². The Labute approximate surface area is 114 Å².